The fraction of sp³-hybridized carbons (Fsp3) is 0.294. The van der Waals surface area contributed by atoms with Crippen molar-refractivity contribution in [2.75, 3.05) is 25.5 Å². The van der Waals surface area contributed by atoms with Crippen molar-refractivity contribution < 1.29 is 4.79 Å². The monoisotopic (exact) mass is 328 g/mol. The van der Waals surface area contributed by atoms with Gasteiger partial charge in [0.2, 0.25) is 0 Å². The lowest BCUT2D eigenvalue weighted by atomic mass is 10.1. The van der Waals surface area contributed by atoms with E-state index in [1.54, 1.807) is 11.3 Å². The number of nitrogens with zero attached hydrogens (tertiary/aromatic N) is 2. The van der Waals surface area contributed by atoms with E-state index in [-0.39, 0.29) is 5.91 Å². The van der Waals surface area contributed by atoms with E-state index in [4.69, 9.17) is 0 Å². The van der Waals surface area contributed by atoms with E-state index < -0.39 is 0 Å². The zero-order valence-corrected chi connectivity index (χ0v) is 14.3. The van der Waals surface area contributed by atoms with Crippen LogP contribution in [0.25, 0.3) is 10.9 Å². The number of benzene rings is 1. The number of para-hydroxylation sites is 1. The van der Waals surface area contributed by atoms with Crippen molar-refractivity contribution in [3.8, 4) is 0 Å². The highest BCUT2D eigenvalue weighted by molar-refractivity contribution is 7.15. The largest absolute Gasteiger partial charge is 0.361 e. The van der Waals surface area contributed by atoms with E-state index >= 15 is 0 Å². The topological polar surface area (TPSA) is 61.0 Å². The van der Waals surface area contributed by atoms with Gasteiger partial charge in [-0.3, -0.25) is 4.79 Å². The molecule has 2 aromatic heterocycles. The van der Waals surface area contributed by atoms with Crippen LogP contribution in [0.3, 0.4) is 0 Å². The molecule has 0 saturated carbocycles. The van der Waals surface area contributed by atoms with E-state index in [0.717, 1.165) is 28.1 Å². The smallest absolute Gasteiger partial charge is 0.253 e. The summed E-state index contributed by atoms with van der Waals surface area (Å²) < 4.78 is 0. The van der Waals surface area contributed by atoms with Crippen LogP contribution in [-0.2, 0) is 6.42 Å². The number of nitrogens with one attached hydrogen (secondary N) is 2. The molecular weight excluding hydrogens is 308 g/mol. The molecule has 23 heavy (non-hydrogen) atoms. The van der Waals surface area contributed by atoms with Crippen molar-refractivity contribution in [1.29, 1.82) is 0 Å². The first-order chi connectivity index (χ1) is 11.1. The lowest BCUT2D eigenvalue weighted by molar-refractivity contribution is 0.0955. The average molecular weight is 328 g/mol. The second kappa shape index (κ2) is 6.42. The molecule has 0 fully saturated rings. The molecule has 3 aromatic rings. The number of aryl methyl sites for hydroxylation is 1. The minimum Gasteiger partial charge on any atom is -0.361 e. The molecule has 2 N–H and O–H groups in total. The Hall–Kier alpha value is -2.34. The molecule has 0 spiro atoms. The quantitative estimate of drug-likeness (QED) is 0.757. The molecule has 0 atom stereocenters. The van der Waals surface area contributed by atoms with Gasteiger partial charge in [-0.1, -0.05) is 12.1 Å². The Morgan fingerprint density at radius 1 is 1.35 bits per heavy atom. The molecule has 0 aliphatic rings. The molecule has 2 heterocycles. The highest BCUT2D eigenvalue weighted by Gasteiger charge is 2.12. The molecule has 120 valence electrons. The van der Waals surface area contributed by atoms with Gasteiger partial charge in [0.15, 0.2) is 5.13 Å². The van der Waals surface area contributed by atoms with Crippen LogP contribution in [0, 0.1) is 6.92 Å². The maximum absolute atomic E-state index is 12.4. The molecule has 0 aliphatic carbocycles. The summed E-state index contributed by atoms with van der Waals surface area (Å²) in [7, 11) is 3.97. The molecule has 5 nitrogen and oxygen atoms in total. The standard InChI is InChI=1S/C17H20N4OS/c1-11-14(23-17(20-11)21(2)3)8-10-19-16(22)13-6-4-5-12-7-9-18-15(12)13/h4-7,9,18H,8,10H2,1-3H3,(H,19,22). The fourth-order valence-electron chi connectivity index (χ4n) is 2.49. The van der Waals surface area contributed by atoms with Gasteiger partial charge in [-0.2, -0.15) is 0 Å². The normalized spacial score (nSPS) is 10.9. The fourth-order valence-corrected chi connectivity index (χ4v) is 3.48. The zero-order valence-electron chi connectivity index (χ0n) is 13.5. The summed E-state index contributed by atoms with van der Waals surface area (Å²) in [5.41, 5.74) is 2.61. The van der Waals surface area contributed by atoms with Gasteiger partial charge in [-0.25, -0.2) is 4.98 Å². The van der Waals surface area contributed by atoms with E-state index in [9.17, 15) is 4.79 Å². The van der Waals surface area contributed by atoms with Crippen LogP contribution >= 0.6 is 11.3 Å². The molecule has 0 aliphatic heterocycles. The molecule has 0 saturated heterocycles. The Balaban J connectivity index is 1.65. The SMILES string of the molecule is Cc1nc(N(C)C)sc1CCNC(=O)c1cccc2cc[nH]c12. The van der Waals surface area contributed by atoms with Crippen molar-refractivity contribution in [2.24, 2.45) is 0 Å². The number of rotatable bonds is 5. The average Bonchev–Trinajstić information content (AvgIpc) is 3.13. The van der Waals surface area contributed by atoms with Crippen molar-refractivity contribution in [3.05, 3.63) is 46.6 Å². The minimum absolute atomic E-state index is 0.0481. The lowest BCUT2D eigenvalue weighted by Gasteiger charge is -2.06. The van der Waals surface area contributed by atoms with Gasteiger partial charge in [0, 0.05) is 43.5 Å². The Morgan fingerprint density at radius 3 is 2.91 bits per heavy atom. The lowest BCUT2D eigenvalue weighted by Crippen LogP contribution is -2.25. The molecular formula is C17H20N4OS. The Bertz CT molecular complexity index is 834. The first kappa shape index (κ1) is 15.6. The predicted octanol–water partition coefficient (Wildman–Crippen LogP) is 2.97. The zero-order chi connectivity index (χ0) is 16.4. The first-order valence-electron chi connectivity index (χ1n) is 7.54. The van der Waals surface area contributed by atoms with Gasteiger partial charge in [0.05, 0.1) is 16.8 Å². The molecule has 1 amide bonds. The predicted molar refractivity (Wildman–Crippen MR) is 95.5 cm³/mol. The summed E-state index contributed by atoms with van der Waals surface area (Å²) in [5, 5.41) is 5.05. The number of aromatic nitrogens is 2. The summed E-state index contributed by atoms with van der Waals surface area (Å²) in [6, 6.07) is 7.71. The van der Waals surface area contributed by atoms with Gasteiger partial charge in [-0.05, 0) is 19.1 Å². The summed E-state index contributed by atoms with van der Waals surface area (Å²) in [4.78, 5) is 23.3. The number of thiazole rings is 1. The van der Waals surface area contributed by atoms with Crippen LogP contribution in [0.15, 0.2) is 30.5 Å². The summed E-state index contributed by atoms with van der Waals surface area (Å²) >= 11 is 1.68. The van der Waals surface area contributed by atoms with Gasteiger partial charge >= 0.3 is 0 Å². The number of amides is 1. The molecule has 0 radical (unpaired) electrons. The van der Waals surface area contributed by atoms with Crippen LogP contribution in [0.2, 0.25) is 0 Å². The summed E-state index contributed by atoms with van der Waals surface area (Å²) in [6.07, 6.45) is 2.65. The maximum atomic E-state index is 12.4. The summed E-state index contributed by atoms with van der Waals surface area (Å²) in [5.74, 6) is -0.0481. The maximum Gasteiger partial charge on any atom is 0.253 e. The number of H-pyrrole nitrogens is 1. The van der Waals surface area contributed by atoms with Gasteiger partial charge in [0.25, 0.3) is 5.91 Å². The van der Waals surface area contributed by atoms with Gasteiger partial charge in [0.1, 0.15) is 0 Å². The van der Waals surface area contributed by atoms with Crippen molar-refractivity contribution in [3.63, 3.8) is 0 Å². The number of hydrogen-bond donors (Lipinski definition) is 2. The number of aromatic amines is 1. The first-order valence-corrected chi connectivity index (χ1v) is 8.36. The Labute approximate surface area is 139 Å². The van der Waals surface area contributed by atoms with Gasteiger partial charge in [-0.15, -0.1) is 11.3 Å². The molecule has 0 unspecified atom stereocenters. The van der Waals surface area contributed by atoms with E-state index in [1.165, 1.54) is 4.88 Å². The third-order valence-electron chi connectivity index (χ3n) is 3.73. The van der Waals surface area contributed by atoms with Crippen molar-refractivity contribution >= 4 is 33.3 Å². The van der Waals surface area contributed by atoms with Crippen molar-refractivity contribution in [2.45, 2.75) is 13.3 Å². The number of anilines is 1. The Kier molecular flexibility index (Phi) is 4.34. The molecule has 1 aromatic carbocycles. The molecule has 3 rings (SSSR count). The van der Waals surface area contributed by atoms with Crippen molar-refractivity contribution in [1.82, 2.24) is 15.3 Å². The highest BCUT2D eigenvalue weighted by Crippen LogP contribution is 2.24. The van der Waals surface area contributed by atoms with Gasteiger partial charge < -0.3 is 15.2 Å². The third kappa shape index (κ3) is 3.22. The van der Waals surface area contributed by atoms with Crippen LogP contribution in [0.4, 0.5) is 5.13 Å². The minimum atomic E-state index is -0.0481. The molecule has 0 bridgehead atoms. The second-order valence-electron chi connectivity index (χ2n) is 5.65. The number of fused-ring (bicyclic) bond motifs is 1. The molecule has 6 heteroatoms. The van der Waals surface area contributed by atoms with Crippen LogP contribution in [0.5, 0.6) is 0 Å². The van der Waals surface area contributed by atoms with E-state index in [2.05, 4.69) is 15.3 Å². The van der Waals surface area contributed by atoms with E-state index in [0.29, 0.717) is 12.1 Å². The van der Waals surface area contributed by atoms with Crippen LogP contribution in [0.1, 0.15) is 20.9 Å². The second-order valence-corrected chi connectivity index (χ2v) is 6.71. The van der Waals surface area contributed by atoms with E-state index in [1.807, 2.05) is 56.4 Å². The number of carbonyl (C=O) groups is 1. The number of hydrogen-bond acceptors (Lipinski definition) is 4. The third-order valence-corrected chi connectivity index (χ3v) is 5.12. The number of carbonyl (C=O) groups excluding carboxylic acids is 1. The Morgan fingerprint density at radius 2 is 2.17 bits per heavy atom. The summed E-state index contributed by atoms with van der Waals surface area (Å²) in [6.45, 7) is 2.62. The van der Waals surface area contributed by atoms with Crippen LogP contribution in [-0.4, -0.2) is 36.5 Å². The highest BCUT2D eigenvalue weighted by atomic mass is 32.1. The van der Waals surface area contributed by atoms with Crippen LogP contribution < -0.4 is 10.2 Å².